The van der Waals surface area contributed by atoms with Crippen LogP contribution >= 0.6 is 23.1 Å². The van der Waals surface area contributed by atoms with Gasteiger partial charge < -0.3 is 10.6 Å². The molecule has 0 radical (unpaired) electrons. The number of rotatable bonds is 8. The summed E-state index contributed by atoms with van der Waals surface area (Å²) in [6.07, 6.45) is 0. The molecule has 2 N–H and O–H groups in total. The van der Waals surface area contributed by atoms with Crippen LogP contribution in [0.4, 0.5) is 9.52 Å². The largest absolute Gasteiger partial charge is 0.360 e. The maximum Gasteiger partial charge on any atom is 0.230 e. The molecule has 130 valence electrons. The fourth-order valence-corrected chi connectivity index (χ4v) is 3.42. The van der Waals surface area contributed by atoms with Crippen LogP contribution in [0.1, 0.15) is 25.0 Å². The molecule has 0 bridgehead atoms. The first-order valence-corrected chi connectivity index (χ1v) is 9.46. The Labute approximate surface area is 149 Å². The van der Waals surface area contributed by atoms with Gasteiger partial charge in [0.1, 0.15) is 5.82 Å². The van der Waals surface area contributed by atoms with Gasteiger partial charge in [0, 0.05) is 13.1 Å². The number of aromatic nitrogens is 2. The number of hydrogen-bond donors (Lipinski definition) is 2. The number of hydrogen-bond acceptors (Lipinski definition) is 6. The van der Waals surface area contributed by atoms with Gasteiger partial charge in [-0.05, 0) is 30.0 Å². The summed E-state index contributed by atoms with van der Waals surface area (Å²) in [4.78, 5) is 11.9. The summed E-state index contributed by atoms with van der Waals surface area (Å²) in [7, 11) is 0. The van der Waals surface area contributed by atoms with Crippen molar-refractivity contribution in [2.45, 2.75) is 31.7 Å². The van der Waals surface area contributed by atoms with Crippen molar-refractivity contribution < 1.29 is 9.18 Å². The molecule has 0 spiro atoms. The van der Waals surface area contributed by atoms with Gasteiger partial charge in [-0.2, -0.15) is 0 Å². The summed E-state index contributed by atoms with van der Waals surface area (Å²) in [5.41, 5.74) is 1.45. The van der Waals surface area contributed by atoms with Crippen LogP contribution in [-0.4, -0.2) is 28.4 Å². The zero-order valence-corrected chi connectivity index (χ0v) is 15.6. The smallest absolute Gasteiger partial charge is 0.230 e. The van der Waals surface area contributed by atoms with E-state index in [1.807, 2.05) is 0 Å². The third-order valence-electron chi connectivity index (χ3n) is 3.11. The molecular weight excluding hydrogens is 347 g/mol. The number of thioether (sulfide) groups is 1. The molecule has 8 heteroatoms. The summed E-state index contributed by atoms with van der Waals surface area (Å²) in [6.45, 7) is 7.18. The van der Waals surface area contributed by atoms with Gasteiger partial charge in [0.2, 0.25) is 11.0 Å². The van der Waals surface area contributed by atoms with Crippen molar-refractivity contribution >= 4 is 34.1 Å². The average Bonchev–Trinajstić information content (AvgIpc) is 3.00. The highest BCUT2D eigenvalue weighted by Gasteiger charge is 2.09. The van der Waals surface area contributed by atoms with E-state index in [0.717, 1.165) is 21.6 Å². The maximum absolute atomic E-state index is 13.2. The predicted molar refractivity (Wildman–Crippen MR) is 96.9 cm³/mol. The molecule has 1 aromatic heterocycles. The van der Waals surface area contributed by atoms with Crippen LogP contribution in [0.2, 0.25) is 0 Å². The van der Waals surface area contributed by atoms with Gasteiger partial charge in [-0.15, -0.1) is 10.2 Å². The summed E-state index contributed by atoms with van der Waals surface area (Å²) >= 11 is 2.80. The average molecular weight is 369 g/mol. The van der Waals surface area contributed by atoms with Crippen LogP contribution in [0.25, 0.3) is 0 Å². The molecule has 1 amide bonds. The summed E-state index contributed by atoms with van der Waals surface area (Å²) < 4.78 is 14.0. The van der Waals surface area contributed by atoms with E-state index in [0.29, 0.717) is 18.0 Å². The Balaban J connectivity index is 1.73. The zero-order valence-electron chi connectivity index (χ0n) is 13.9. The van der Waals surface area contributed by atoms with Gasteiger partial charge in [-0.25, -0.2) is 4.39 Å². The van der Waals surface area contributed by atoms with Gasteiger partial charge >= 0.3 is 0 Å². The van der Waals surface area contributed by atoms with Crippen LogP contribution in [0.15, 0.2) is 22.5 Å². The molecule has 24 heavy (non-hydrogen) atoms. The number of carbonyl (C=O) groups excluding carboxylic acids is 1. The fraction of sp³-hybridized carbons (Fsp3) is 0.438. The SMILES string of the molecule is Cc1cc(CNC(=O)CSc2nnc(NCC(C)C)s2)ccc1F. The van der Waals surface area contributed by atoms with Crippen LogP contribution in [0.3, 0.4) is 0 Å². The summed E-state index contributed by atoms with van der Waals surface area (Å²) in [5, 5.41) is 14.9. The molecule has 1 heterocycles. The molecule has 0 saturated carbocycles. The number of anilines is 1. The number of nitrogens with one attached hydrogen (secondary N) is 2. The number of benzene rings is 1. The normalized spacial score (nSPS) is 10.9. The summed E-state index contributed by atoms with van der Waals surface area (Å²) in [6, 6.07) is 4.83. The Morgan fingerprint density at radius 3 is 2.88 bits per heavy atom. The van der Waals surface area contributed by atoms with Gasteiger partial charge in [0.25, 0.3) is 0 Å². The van der Waals surface area contributed by atoms with E-state index in [1.54, 1.807) is 19.1 Å². The highest BCUT2D eigenvalue weighted by Crippen LogP contribution is 2.25. The minimum Gasteiger partial charge on any atom is -0.360 e. The maximum atomic E-state index is 13.2. The van der Waals surface area contributed by atoms with Crippen LogP contribution in [-0.2, 0) is 11.3 Å². The lowest BCUT2D eigenvalue weighted by Crippen LogP contribution is -2.24. The second kappa shape index (κ2) is 8.98. The molecule has 0 aliphatic heterocycles. The van der Waals surface area contributed by atoms with Crippen molar-refractivity contribution in [1.29, 1.82) is 0 Å². The third-order valence-corrected chi connectivity index (χ3v) is 5.12. The Morgan fingerprint density at radius 2 is 2.17 bits per heavy atom. The Morgan fingerprint density at radius 1 is 1.38 bits per heavy atom. The first-order valence-electron chi connectivity index (χ1n) is 7.66. The van der Waals surface area contributed by atoms with Crippen molar-refractivity contribution in [3.8, 4) is 0 Å². The van der Waals surface area contributed by atoms with Crippen LogP contribution in [0.5, 0.6) is 0 Å². The molecular formula is C16H21FN4OS2. The van der Waals surface area contributed by atoms with Gasteiger partial charge in [-0.3, -0.25) is 4.79 Å². The predicted octanol–water partition coefficient (Wildman–Crippen LogP) is 3.46. The quantitative estimate of drug-likeness (QED) is 0.699. The molecule has 0 aliphatic rings. The number of carbonyl (C=O) groups is 1. The lowest BCUT2D eigenvalue weighted by molar-refractivity contribution is -0.118. The Bertz CT molecular complexity index is 690. The van der Waals surface area contributed by atoms with E-state index in [1.165, 1.54) is 29.2 Å². The third kappa shape index (κ3) is 6.09. The van der Waals surface area contributed by atoms with Crippen LogP contribution in [0, 0.1) is 18.7 Å². The molecule has 5 nitrogen and oxygen atoms in total. The molecule has 0 fully saturated rings. The first kappa shape index (κ1) is 18.7. The standard InChI is InChI=1S/C16H21FN4OS2/c1-10(2)7-19-15-20-21-16(24-15)23-9-14(22)18-8-12-4-5-13(17)11(3)6-12/h4-6,10H,7-9H2,1-3H3,(H,18,22)(H,19,20). The number of aryl methyl sites for hydroxylation is 1. The van der Waals surface area contributed by atoms with Crippen molar-refractivity contribution in [2.24, 2.45) is 5.92 Å². The lowest BCUT2D eigenvalue weighted by atomic mass is 10.1. The van der Waals surface area contributed by atoms with E-state index in [4.69, 9.17) is 0 Å². The van der Waals surface area contributed by atoms with Crippen molar-refractivity contribution in [2.75, 3.05) is 17.6 Å². The second-order valence-corrected chi connectivity index (χ2v) is 8.00. The van der Waals surface area contributed by atoms with Crippen molar-refractivity contribution in [1.82, 2.24) is 15.5 Å². The van der Waals surface area contributed by atoms with Gasteiger partial charge in [0.15, 0.2) is 4.34 Å². The summed E-state index contributed by atoms with van der Waals surface area (Å²) in [5.74, 6) is 0.484. The van der Waals surface area contributed by atoms with Gasteiger partial charge in [0.05, 0.1) is 5.75 Å². The minimum atomic E-state index is -0.237. The zero-order chi connectivity index (χ0) is 17.5. The van der Waals surface area contributed by atoms with Crippen LogP contribution < -0.4 is 10.6 Å². The van der Waals surface area contributed by atoms with Crippen molar-refractivity contribution in [3.63, 3.8) is 0 Å². The first-order chi connectivity index (χ1) is 11.4. The molecule has 2 aromatic rings. The molecule has 0 saturated heterocycles. The minimum absolute atomic E-state index is 0.0890. The Kier molecular flexibility index (Phi) is 6.99. The molecule has 0 atom stereocenters. The molecule has 0 unspecified atom stereocenters. The van der Waals surface area contributed by atoms with E-state index in [9.17, 15) is 9.18 Å². The van der Waals surface area contributed by atoms with Gasteiger partial charge in [-0.1, -0.05) is 49.1 Å². The topological polar surface area (TPSA) is 66.9 Å². The molecule has 1 aromatic carbocycles. The monoisotopic (exact) mass is 368 g/mol. The molecule has 0 aliphatic carbocycles. The van der Waals surface area contributed by atoms with E-state index >= 15 is 0 Å². The number of amides is 1. The molecule has 2 rings (SSSR count). The van der Waals surface area contributed by atoms with E-state index < -0.39 is 0 Å². The number of halogens is 1. The number of nitrogens with zero attached hydrogens (tertiary/aromatic N) is 2. The Hall–Kier alpha value is -1.67. The van der Waals surface area contributed by atoms with E-state index in [2.05, 4.69) is 34.7 Å². The lowest BCUT2D eigenvalue weighted by Gasteiger charge is -2.06. The second-order valence-electron chi connectivity index (χ2n) is 5.80. The fourth-order valence-electron chi connectivity index (χ4n) is 1.83. The van der Waals surface area contributed by atoms with Crippen molar-refractivity contribution in [3.05, 3.63) is 35.1 Å². The van der Waals surface area contributed by atoms with E-state index in [-0.39, 0.29) is 17.5 Å². The highest BCUT2D eigenvalue weighted by molar-refractivity contribution is 8.01. The highest BCUT2D eigenvalue weighted by atomic mass is 32.2.